The topological polar surface area (TPSA) is 32.3 Å². The van der Waals surface area contributed by atoms with Crippen LogP contribution in [0, 0.1) is 10.8 Å². The highest BCUT2D eigenvalue weighted by molar-refractivity contribution is 5.75. The van der Waals surface area contributed by atoms with Crippen LogP contribution in [0.25, 0.3) is 0 Å². The monoisotopic (exact) mass is 212 g/mol. The molecule has 3 nitrogen and oxygen atoms in total. The summed E-state index contributed by atoms with van der Waals surface area (Å²) in [7, 11) is 0. The van der Waals surface area contributed by atoms with Gasteiger partial charge in [-0.05, 0) is 24.7 Å². The first kappa shape index (κ1) is 12.3. The van der Waals surface area contributed by atoms with Gasteiger partial charge in [-0.15, -0.1) is 0 Å². The van der Waals surface area contributed by atoms with E-state index in [2.05, 4.69) is 33.0 Å². The second kappa shape index (κ2) is 3.69. The Balaban J connectivity index is 2.55. The van der Waals surface area contributed by atoms with E-state index < -0.39 is 0 Å². The second-order valence-electron chi connectivity index (χ2n) is 5.50. The molecule has 1 fully saturated rings. The van der Waals surface area contributed by atoms with Crippen molar-refractivity contribution < 1.29 is 4.79 Å². The summed E-state index contributed by atoms with van der Waals surface area (Å²) in [4.78, 5) is 13.7. The summed E-state index contributed by atoms with van der Waals surface area (Å²) >= 11 is 0. The van der Waals surface area contributed by atoms with Gasteiger partial charge in [0.05, 0.1) is 0 Å². The molecule has 15 heavy (non-hydrogen) atoms. The number of rotatable bonds is 3. The van der Waals surface area contributed by atoms with Crippen LogP contribution in [-0.2, 0) is 0 Å². The maximum atomic E-state index is 11.8. The first-order valence-corrected chi connectivity index (χ1v) is 5.84. The highest BCUT2D eigenvalue weighted by Crippen LogP contribution is 2.62. The lowest BCUT2D eigenvalue weighted by Gasteiger charge is -2.20. The van der Waals surface area contributed by atoms with Gasteiger partial charge in [-0.3, -0.25) is 0 Å². The van der Waals surface area contributed by atoms with E-state index in [4.69, 9.17) is 0 Å². The molecule has 1 rings (SSSR count). The number of urea groups is 1. The van der Waals surface area contributed by atoms with Gasteiger partial charge in [0, 0.05) is 19.1 Å². The van der Waals surface area contributed by atoms with Crippen LogP contribution in [0.15, 0.2) is 0 Å². The van der Waals surface area contributed by atoms with Crippen molar-refractivity contribution in [3.05, 3.63) is 0 Å². The molecule has 0 unspecified atom stereocenters. The number of nitrogens with zero attached hydrogens (tertiary/aromatic N) is 1. The van der Waals surface area contributed by atoms with Gasteiger partial charge in [0.2, 0.25) is 0 Å². The maximum Gasteiger partial charge on any atom is 0.317 e. The number of carbonyl (C=O) groups is 1. The molecule has 0 saturated heterocycles. The van der Waals surface area contributed by atoms with Gasteiger partial charge in [-0.2, -0.15) is 0 Å². The smallest absolute Gasteiger partial charge is 0.317 e. The molecule has 3 heteroatoms. The lowest BCUT2D eigenvalue weighted by atomic mass is 10.0. The molecule has 1 aliphatic rings. The van der Waals surface area contributed by atoms with E-state index in [-0.39, 0.29) is 16.9 Å². The van der Waals surface area contributed by atoms with Crippen molar-refractivity contribution in [2.75, 3.05) is 13.1 Å². The van der Waals surface area contributed by atoms with Gasteiger partial charge in [-0.25, -0.2) is 4.79 Å². The minimum atomic E-state index is 0.0728. The van der Waals surface area contributed by atoms with Crippen molar-refractivity contribution in [1.29, 1.82) is 0 Å². The van der Waals surface area contributed by atoms with Crippen LogP contribution in [0.1, 0.15) is 41.5 Å². The number of hydrogen-bond donors (Lipinski definition) is 1. The van der Waals surface area contributed by atoms with Crippen LogP contribution in [0.2, 0.25) is 0 Å². The van der Waals surface area contributed by atoms with Crippen molar-refractivity contribution in [1.82, 2.24) is 10.2 Å². The zero-order valence-electron chi connectivity index (χ0n) is 10.8. The van der Waals surface area contributed by atoms with E-state index in [1.54, 1.807) is 0 Å². The van der Waals surface area contributed by atoms with E-state index in [1.165, 1.54) is 0 Å². The normalized spacial score (nSPS) is 22.3. The summed E-state index contributed by atoms with van der Waals surface area (Å²) in [6.07, 6.45) is 0. The lowest BCUT2D eigenvalue weighted by molar-refractivity contribution is 0.201. The zero-order chi connectivity index (χ0) is 11.9. The molecule has 0 radical (unpaired) electrons. The fraction of sp³-hybridized carbons (Fsp3) is 0.917. The van der Waals surface area contributed by atoms with Crippen LogP contribution in [0.4, 0.5) is 4.79 Å². The summed E-state index contributed by atoms with van der Waals surface area (Å²) in [5.74, 6) is 0. The van der Waals surface area contributed by atoms with Crippen molar-refractivity contribution >= 4 is 6.03 Å². The third kappa shape index (κ3) is 1.84. The Hall–Kier alpha value is -0.730. The molecule has 0 bridgehead atoms. The van der Waals surface area contributed by atoms with Crippen LogP contribution in [0.5, 0.6) is 0 Å². The van der Waals surface area contributed by atoms with Gasteiger partial charge >= 0.3 is 6.03 Å². The Morgan fingerprint density at radius 1 is 1.13 bits per heavy atom. The molecule has 2 amide bonds. The molecular weight excluding hydrogens is 188 g/mol. The summed E-state index contributed by atoms with van der Waals surface area (Å²) < 4.78 is 0. The maximum absolute atomic E-state index is 11.8. The summed E-state index contributed by atoms with van der Waals surface area (Å²) in [5.41, 5.74) is 0.436. The molecule has 0 spiro atoms. The summed E-state index contributed by atoms with van der Waals surface area (Å²) in [6, 6.07) is 0.377. The van der Waals surface area contributed by atoms with Crippen LogP contribution < -0.4 is 5.32 Å². The molecule has 1 saturated carbocycles. The Morgan fingerprint density at radius 3 is 1.80 bits per heavy atom. The molecule has 0 aliphatic heterocycles. The Kier molecular flexibility index (Phi) is 3.04. The van der Waals surface area contributed by atoms with Gasteiger partial charge in [0.15, 0.2) is 0 Å². The van der Waals surface area contributed by atoms with Crippen molar-refractivity contribution in [3.8, 4) is 0 Å². The number of hydrogen-bond acceptors (Lipinski definition) is 1. The summed E-state index contributed by atoms with van der Waals surface area (Å²) in [5, 5.41) is 3.12. The molecule has 0 aromatic heterocycles. The molecule has 0 aromatic carbocycles. The van der Waals surface area contributed by atoms with Gasteiger partial charge in [-0.1, -0.05) is 27.7 Å². The minimum absolute atomic E-state index is 0.0728. The molecule has 0 atom stereocenters. The molecule has 1 N–H and O–H groups in total. The first-order valence-electron chi connectivity index (χ1n) is 5.84. The SMILES string of the molecule is CCN(CC)C(=O)NC1C(C)(C)C1(C)C. The van der Waals surface area contributed by atoms with Crippen molar-refractivity contribution in [2.24, 2.45) is 10.8 Å². The van der Waals surface area contributed by atoms with E-state index in [9.17, 15) is 4.79 Å². The Labute approximate surface area is 93.2 Å². The van der Waals surface area contributed by atoms with E-state index >= 15 is 0 Å². The second-order valence-corrected chi connectivity index (χ2v) is 5.50. The zero-order valence-corrected chi connectivity index (χ0v) is 10.8. The van der Waals surface area contributed by atoms with Gasteiger partial charge in [0.25, 0.3) is 0 Å². The van der Waals surface area contributed by atoms with Gasteiger partial charge in [0.1, 0.15) is 0 Å². The first-order chi connectivity index (χ1) is 6.79. The molecule has 1 aliphatic carbocycles. The standard InChI is InChI=1S/C12H24N2O/c1-7-14(8-2)10(15)13-9-11(3,4)12(9,5)6/h9H,7-8H2,1-6H3,(H,13,15). The van der Waals surface area contributed by atoms with Crippen LogP contribution in [0.3, 0.4) is 0 Å². The third-order valence-corrected chi connectivity index (χ3v) is 4.34. The van der Waals surface area contributed by atoms with E-state index in [1.807, 2.05) is 18.7 Å². The predicted octanol–water partition coefficient (Wildman–Crippen LogP) is 2.47. The van der Waals surface area contributed by atoms with Crippen LogP contribution >= 0.6 is 0 Å². The van der Waals surface area contributed by atoms with Crippen molar-refractivity contribution in [2.45, 2.75) is 47.6 Å². The quantitative estimate of drug-likeness (QED) is 0.766. The fourth-order valence-corrected chi connectivity index (χ4v) is 2.28. The fourth-order valence-electron chi connectivity index (χ4n) is 2.28. The highest BCUT2D eigenvalue weighted by Gasteiger charge is 2.65. The number of nitrogens with one attached hydrogen (secondary N) is 1. The largest absolute Gasteiger partial charge is 0.334 e. The Bertz CT molecular complexity index is 240. The number of amides is 2. The average molecular weight is 212 g/mol. The minimum Gasteiger partial charge on any atom is -0.334 e. The molecular formula is C12H24N2O. The summed E-state index contributed by atoms with van der Waals surface area (Å²) in [6.45, 7) is 14.4. The van der Waals surface area contributed by atoms with Crippen LogP contribution in [-0.4, -0.2) is 30.1 Å². The predicted molar refractivity (Wildman–Crippen MR) is 62.8 cm³/mol. The van der Waals surface area contributed by atoms with Crippen molar-refractivity contribution in [3.63, 3.8) is 0 Å². The highest BCUT2D eigenvalue weighted by atomic mass is 16.2. The molecule has 0 aromatic rings. The molecule has 88 valence electrons. The van der Waals surface area contributed by atoms with E-state index in [0.717, 1.165) is 13.1 Å². The van der Waals surface area contributed by atoms with Gasteiger partial charge < -0.3 is 10.2 Å². The lowest BCUT2D eigenvalue weighted by Crippen LogP contribution is -2.42. The average Bonchev–Trinajstić information content (AvgIpc) is 2.50. The van der Waals surface area contributed by atoms with E-state index in [0.29, 0.717) is 6.04 Å². The molecule has 0 heterocycles. The Morgan fingerprint density at radius 2 is 1.53 bits per heavy atom. The number of carbonyl (C=O) groups excluding carboxylic acids is 1. The third-order valence-electron chi connectivity index (χ3n) is 4.34.